The number of thioether (sulfide) groups is 1. The molecule has 0 amide bonds. The van der Waals surface area contributed by atoms with Crippen LogP contribution >= 0.6 is 11.8 Å². The summed E-state index contributed by atoms with van der Waals surface area (Å²) in [5.41, 5.74) is 1.31. The van der Waals surface area contributed by atoms with Crippen LogP contribution in [0.1, 0.15) is 44.3 Å². The quantitative estimate of drug-likeness (QED) is 0.753. The molecule has 0 bridgehead atoms. The maximum atomic E-state index is 5.84. The molecule has 4 heteroatoms. The lowest BCUT2D eigenvalue weighted by molar-refractivity contribution is 0.246. The van der Waals surface area contributed by atoms with Gasteiger partial charge in [0.25, 0.3) is 0 Å². The summed E-state index contributed by atoms with van der Waals surface area (Å²) in [7, 11) is 2.21. The molecule has 0 aliphatic carbocycles. The molecule has 0 aromatic carbocycles. The molecule has 1 unspecified atom stereocenters. The summed E-state index contributed by atoms with van der Waals surface area (Å²) in [5, 5.41) is 3.40. The Balaban J connectivity index is 2.62. The van der Waals surface area contributed by atoms with E-state index in [0.29, 0.717) is 12.1 Å². The Labute approximate surface area is 128 Å². The first-order valence-corrected chi connectivity index (χ1v) is 8.88. The summed E-state index contributed by atoms with van der Waals surface area (Å²) in [6.45, 7) is 10.4. The SMILES string of the molecule is CCC(CSC)N(C)Cc1cc(CNC(C)C)oc1C. The van der Waals surface area contributed by atoms with Gasteiger partial charge >= 0.3 is 0 Å². The summed E-state index contributed by atoms with van der Waals surface area (Å²) >= 11 is 1.92. The van der Waals surface area contributed by atoms with E-state index in [0.717, 1.165) is 24.6 Å². The molecule has 0 radical (unpaired) electrons. The predicted molar refractivity (Wildman–Crippen MR) is 89.3 cm³/mol. The third kappa shape index (κ3) is 5.51. The van der Waals surface area contributed by atoms with Crippen LogP contribution in [0.3, 0.4) is 0 Å². The van der Waals surface area contributed by atoms with Crippen LogP contribution in [-0.2, 0) is 13.1 Å². The van der Waals surface area contributed by atoms with Crippen molar-refractivity contribution in [2.24, 2.45) is 0 Å². The number of furan rings is 1. The summed E-state index contributed by atoms with van der Waals surface area (Å²) in [5.74, 6) is 3.28. The van der Waals surface area contributed by atoms with Gasteiger partial charge in [-0.2, -0.15) is 11.8 Å². The zero-order valence-electron chi connectivity index (χ0n) is 13.8. The average Bonchev–Trinajstić information content (AvgIpc) is 2.74. The molecule has 0 saturated heterocycles. The summed E-state index contributed by atoms with van der Waals surface area (Å²) in [4.78, 5) is 2.44. The van der Waals surface area contributed by atoms with Crippen LogP contribution in [-0.4, -0.2) is 36.0 Å². The fraction of sp³-hybridized carbons (Fsp3) is 0.750. The van der Waals surface area contributed by atoms with Gasteiger partial charge < -0.3 is 9.73 Å². The number of nitrogens with zero attached hydrogens (tertiary/aromatic N) is 1. The largest absolute Gasteiger partial charge is 0.465 e. The molecule has 1 N–H and O–H groups in total. The first-order chi connectivity index (χ1) is 9.47. The number of nitrogens with one attached hydrogen (secondary N) is 1. The fourth-order valence-corrected chi connectivity index (χ4v) is 3.16. The Morgan fingerprint density at radius 1 is 1.40 bits per heavy atom. The van der Waals surface area contributed by atoms with Gasteiger partial charge in [0, 0.05) is 29.9 Å². The van der Waals surface area contributed by atoms with E-state index in [2.05, 4.69) is 57.3 Å². The van der Waals surface area contributed by atoms with Gasteiger partial charge in [0.1, 0.15) is 11.5 Å². The molecule has 116 valence electrons. The van der Waals surface area contributed by atoms with Crippen molar-refractivity contribution in [2.45, 2.75) is 59.3 Å². The second-order valence-electron chi connectivity index (χ2n) is 5.76. The third-order valence-electron chi connectivity index (χ3n) is 3.63. The monoisotopic (exact) mass is 298 g/mol. The predicted octanol–water partition coefficient (Wildman–Crippen LogP) is 3.66. The number of hydrogen-bond donors (Lipinski definition) is 1. The Morgan fingerprint density at radius 2 is 2.10 bits per heavy atom. The lowest BCUT2D eigenvalue weighted by atomic mass is 10.2. The van der Waals surface area contributed by atoms with Gasteiger partial charge in [-0.25, -0.2) is 0 Å². The lowest BCUT2D eigenvalue weighted by Gasteiger charge is -2.26. The van der Waals surface area contributed by atoms with Crippen LogP contribution in [0.25, 0.3) is 0 Å². The Bertz CT molecular complexity index is 390. The smallest absolute Gasteiger partial charge is 0.118 e. The fourth-order valence-electron chi connectivity index (χ4n) is 2.28. The number of hydrogen-bond acceptors (Lipinski definition) is 4. The van der Waals surface area contributed by atoms with Crippen molar-refractivity contribution in [3.63, 3.8) is 0 Å². The topological polar surface area (TPSA) is 28.4 Å². The zero-order chi connectivity index (χ0) is 15.1. The Morgan fingerprint density at radius 3 is 2.65 bits per heavy atom. The summed E-state index contributed by atoms with van der Waals surface area (Å²) < 4.78 is 5.84. The molecule has 3 nitrogen and oxygen atoms in total. The molecule has 1 aromatic heterocycles. The second-order valence-corrected chi connectivity index (χ2v) is 6.67. The van der Waals surface area contributed by atoms with Gasteiger partial charge in [-0.15, -0.1) is 0 Å². The van der Waals surface area contributed by atoms with Crippen LogP contribution in [0.2, 0.25) is 0 Å². The van der Waals surface area contributed by atoms with Crippen LogP contribution in [0.5, 0.6) is 0 Å². The molecule has 0 saturated carbocycles. The van der Waals surface area contributed by atoms with E-state index in [4.69, 9.17) is 4.42 Å². The van der Waals surface area contributed by atoms with E-state index in [1.54, 1.807) is 0 Å². The van der Waals surface area contributed by atoms with Crippen LogP contribution < -0.4 is 5.32 Å². The molecule has 0 spiro atoms. The highest BCUT2D eigenvalue weighted by Crippen LogP contribution is 2.19. The van der Waals surface area contributed by atoms with Crippen molar-refractivity contribution in [1.82, 2.24) is 10.2 Å². The molecule has 0 fully saturated rings. The minimum atomic E-state index is 0.484. The third-order valence-corrected chi connectivity index (χ3v) is 4.35. The Kier molecular flexibility index (Phi) is 7.70. The highest BCUT2D eigenvalue weighted by Gasteiger charge is 2.15. The first kappa shape index (κ1) is 17.6. The van der Waals surface area contributed by atoms with Gasteiger partial charge in [-0.1, -0.05) is 20.8 Å². The molecule has 0 aliphatic heterocycles. The highest BCUT2D eigenvalue weighted by molar-refractivity contribution is 7.98. The molecule has 20 heavy (non-hydrogen) atoms. The standard InChI is InChI=1S/C16H30N2OS/c1-7-15(11-20-6)18(5)10-14-8-16(19-13(14)4)9-17-12(2)3/h8,12,15,17H,7,9-11H2,1-6H3. The van der Waals surface area contributed by atoms with Crippen molar-refractivity contribution in [1.29, 1.82) is 0 Å². The molecule has 1 rings (SSSR count). The van der Waals surface area contributed by atoms with E-state index in [-0.39, 0.29) is 0 Å². The van der Waals surface area contributed by atoms with Crippen molar-refractivity contribution in [3.8, 4) is 0 Å². The minimum absolute atomic E-state index is 0.484. The van der Waals surface area contributed by atoms with Crippen LogP contribution in [0.4, 0.5) is 0 Å². The van der Waals surface area contributed by atoms with E-state index in [1.807, 2.05) is 11.8 Å². The lowest BCUT2D eigenvalue weighted by Crippen LogP contribution is -2.32. The first-order valence-electron chi connectivity index (χ1n) is 7.48. The maximum absolute atomic E-state index is 5.84. The van der Waals surface area contributed by atoms with Gasteiger partial charge in [0.15, 0.2) is 0 Å². The van der Waals surface area contributed by atoms with Crippen LogP contribution in [0.15, 0.2) is 10.5 Å². The van der Waals surface area contributed by atoms with Gasteiger partial charge in [0.2, 0.25) is 0 Å². The Hall–Kier alpha value is -0.450. The molecule has 1 aromatic rings. The number of aryl methyl sites for hydroxylation is 1. The highest BCUT2D eigenvalue weighted by atomic mass is 32.2. The van der Waals surface area contributed by atoms with Crippen molar-refractivity contribution < 1.29 is 4.42 Å². The van der Waals surface area contributed by atoms with Crippen LogP contribution in [0, 0.1) is 6.92 Å². The summed E-state index contributed by atoms with van der Waals surface area (Å²) in [6, 6.07) is 3.32. The molecular formula is C16H30N2OS. The molecule has 0 aliphatic rings. The minimum Gasteiger partial charge on any atom is -0.465 e. The summed E-state index contributed by atoms with van der Waals surface area (Å²) in [6.07, 6.45) is 3.37. The molecular weight excluding hydrogens is 268 g/mol. The van der Waals surface area contributed by atoms with E-state index in [1.165, 1.54) is 17.7 Å². The van der Waals surface area contributed by atoms with E-state index < -0.39 is 0 Å². The normalized spacial score (nSPS) is 13.4. The molecule has 1 heterocycles. The number of rotatable bonds is 9. The van der Waals surface area contributed by atoms with Gasteiger partial charge in [-0.3, -0.25) is 4.90 Å². The average molecular weight is 298 g/mol. The second kappa shape index (κ2) is 8.75. The van der Waals surface area contributed by atoms with E-state index >= 15 is 0 Å². The van der Waals surface area contributed by atoms with Crippen molar-refractivity contribution in [3.05, 3.63) is 23.2 Å². The van der Waals surface area contributed by atoms with Gasteiger partial charge in [0.05, 0.1) is 6.54 Å². The van der Waals surface area contributed by atoms with Crippen molar-refractivity contribution in [2.75, 3.05) is 19.1 Å². The van der Waals surface area contributed by atoms with E-state index in [9.17, 15) is 0 Å². The molecule has 1 atom stereocenters. The van der Waals surface area contributed by atoms with Crippen molar-refractivity contribution >= 4 is 11.8 Å². The maximum Gasteiger partial charge on any atom is 0.118 e. The van der Waals surface area contributed by atoms with Gasteiger partial charge in [-0.05, 0) is 32.7 Å². The zero-order valence-corrected chi connectivity index (χ0v) is 14.6.